The van der Waals surface area contributed by atoms with E-state index in [4.69, 9.17) is 9.97 Å². The molecule has 6 aromatic heterocycles. The lowest BCUT2D eigenvalue weighted by atomic mass is 9.54. The molecule has 4 fully saturated rings. The Kier molecular flexibility index (Phi) is 12.4. The molecule has 3 aromatic carbocycles. The van der Waals surface area contributed by atoms with Crippen LogP contribution in [0.4, 0.5) is 8.78 Å². The van der Waals surface area contributed by atoms with Gasteiger partial charge in [0.25, 0.3) is 0 Å². The molecular weight excluding hydrogens is 1040 g/mol. The summed E-state index contributed by atoms with van der Waals surface area (Å²) in [5, 5.41) is 10.7. The van der Waals surface area contributed by atoms with Gasteiger partial charge in [-0.1, -0.05) is 195 Å². The number of hydrogen-bond donors (Lipinski definition) is 0. The summed E-state index contributed by atoms with van der Waals surface area (Å²) in [6.07, 6.45) is 34.0. The highest BCUT2D eigenvalue weighted by atomic mass is 28.3. The predicted octanol–water partition coefficient (Wildman–Crippen LogP) is 21.2. The van der Waals surface area contributed by atoms with Gasteiger partial charge in [0.2, 0.25) is 0 Å². The van der Waals surface area contributed by atoms with Crippen LogP contribution in [-0.4, -0.2) is 34.9 Å². The van der Waals surface area contributed by atoms with Crippen LogP contribution in [0.2, 0.25) is 33.2 Å². The Bertz CT molecular complexity index is 3730. The zero-order valence-electron chi connectivity index (χ0n) is 52.4. The second-order valence-electron chi connectivity index (χ2n) is 31.2. The summed E-state index contributed by atoms with van der Waals surface area (Å²) in [4.78, 5) is 11.6. The van der Waals surface area contributed by atoms with E-state index in [1.807, 2.05) is 0 Å². The Labute approximate surface area is 490 Å². The number of pyridine rings is 2. The molecule has 0 saturated heterocycles. The lowest BCUT2D eigenvalue weighted by molar-refractivity contribution is 0.172. The van der Waals surface area contributed by atoms with E-state index in [2.05, 4.69) is 129 Å². The number of aromatic nitrogens is 4. The van der Waals surface area contributed by atoms with E-state index >= 15 is 8.78 Å². The first kappa shape index (κ1) is 54.5. The van der Waals surface area contributed by atoms with Gasteiger partial charge in [0, 0.05) is 53.9 Å². The second kappa shape index (κ2) is 18.7. The van der Waals surface area contributed by atoms with Gasteiger partial charge in [-0.25, -0.2) is 8.78 Å². The van der Waals surface area contributed by atoms with Crippen molar-refractivity contribution in [2.45, 2.75) is 292 Å². The Balaban J connectivity index is 1.16. The molecule has 82 heavy (non-hydrogen) atoms. The Hall–Kier alpha value is -4.15. The quantitative estimate of drug-likeness (QED) is 0.142. The van der Waals surface area contributed by atoms with E-state index in [0.717, 1.165) is 32.8 Å². The first-order valence-electron chi connectivity index (χ1n) is 34.0. The average Bonchev–Trinajstić information content (AvgIpc) is 1.59. The number of benzene rings is 3. The Morgan fingerprint density at radius 3 is 0.915 bits per heavy atom. The van der Waals surface area contributed by atoms with E-state index in [1.165, 1.54) is 209 Å². The van der Waals surface area contributed by atoms with Crippen LogP contribution in [0.1, 0.15) is 260 Å². The van der Waals surface area contributed by atoms with Gasteiger partial charge in [0.05, 0.1) is 73.0 Å². The van der Waals surface area contributed by atoms with Crippen LogP contribution in [0, 0.1) is 11.6 Å². The van der Waals surface area contributed by atoms with Gasteiger partial charge in [-0.15, -0.1) is 0 Å². The molecule has 6 heterocycles. The van der Waals surface area contributed by atoms with Crippen LogP contribution in [0.3, 0.4) is 0 Å². The van der Waals surface area contributed by atoms with E-state index < -0.39 is 16.1 Å². The molecule has 4 nitrogen and oxygen atoms in total. The molecule has 6 aliphatic carbocycles. The van der Waals surface area contributed by atoms with E-state index in [9.17, 15) is 0 Å². The summed E-state index contributed by atoms with van der Waals surface area (Å²) < 4.78 is 44.7. The molecule has 8 heteroatoms. The molecule has 4 saturated carbocycles. The van der Waals surface area contributed by atoms with Gasteiger partial charge < -0.3 is 8.80 Å². The van der Waals surface area contributed by atoms with Crippen LogP contribution in [-0.2, 0) is 21.7 Å². The number of rotatable bonds is 8. The normalized spacial score (nSPS) is 21.4. The number of hydrogen-bond acceptors (Lipinski definition) is 2. The summed E-state index contributed by atoms with van der Waals surface area (Å²) in [5.74, 6) is -0.539. The molecule has 0 amide bonds. The zero-order chi connectivity index (χ0) is 56.9. The molecule has 0 atom stereocenters. The first-order valence-corrected chi connectivity index (χ1v) is 38.4. The fraction of sp³-hybridized carbons (Fsp3) is 0.622. The van der Waals surface area contributed by atoms with E-state index in [1.54, 1.807) is 0 Å². The van der Waals surface area contributed by atoms with Gasteiger partial charge in [-0.05, 0) is 132 Å². The summed E-state index contributed by atoms with van der Waals surface area (Å²) >= 11 is 0. The molecule has 0 unspecified atom stereocenters. The van der Waals surface area contributed by atoms with Crippen molar-refractivity contribution < 1.29 is 8.78 Å². The van der Waals surface area contributed by atoms with Crippen molar-refractivity contribution in [3.8, 4) is 0 Å². The SMILES string of the molecule is CC(C)[Si](c1cc2c3c4c(ncc3n3c5c(F)c6c7cc([Si](C(C)C)(C(C)C)C(C)C)cc8c9c%10c(ncc9n(c6c(F)c5c(c1)c23)c87)C1(CCCCC1)CCC%101CCCCC1)C1(CCCCC1)CCC41CCCCC1)(C(C)C)C(C)C. The van der Waals surface area contributed by atoms with Crippen molar-refractivity contribution in [2.75, 3.05) is 0 Å². The van der Waals surface area contributed by atoms with Crippen molar-refractivity contribution >= 4 is 103 Å². The van der Waals surface area contributed by atoms with E-state index in [-0.39, 0.29) is 33.3 Å². The predicted molar refractivity (Wildman–Crippen MR) is 350 cm³/mol. The summed E-state index contributed by atoms with van der Waals surface area (Å²) in [5.41, 5.74) is 13.5. The monoisotopic (exact) mass is 1130 g/mol. The smallest absolute Gasteiger partial charge is 0.158 e. The van der Waals surface area contributed by atoms with Gasteiger partial charge in [-0.3, -0.25) is 9.97 Å². The van der Waals surface area contributed by atoms with E-state index in [0.29, 0.717) is 55.1 Å². The van der Waals surface area contributed by atoms with Crippen molar-refractivity contribution in [1.82, 2.24) is 18.8 Å². The fourth-order valence-corrected chi connectivity index (χ4v) is 36.9. The topological polar surface area (TPSA) is 34.6 Å². The van der Waals surface area contributed by atoms with Crippen LogP contribution in [0.15, 0.2) is 36.7 Å². The van der Waals surface area contributed by atoms with Gasteiger partial charge in [0.15, 0.2) is 11.6 Å². The molecule has 434 valence electrons. The molecule has 0 N–H and O–H groups in total. The standard InChI is InChI=1S/C74H96F2N4Si2/c1-43(2)81(44(3)4,45(5)6)49-37-51-57-55(41-77-69-61(57)71(25-17-13-18-26-71)33-35-73(69)29-21-15-22-30-73)79-65(51)53(39-49)59-63(75)68-60(64(76)67(59)79)54-40-50(82(46(7)8,47(9)10)48(11)12)38-52-58-56(80(68)66(52)54)42-78-70-62(58)72(27-19-14-20-28-72)34-36-74(70)31-23-16-24-32-74/h37-48H,13-36H2,1-12H3. The fourth-order valence-electron chi connectivity index (χ4n) is 23.3. The molecule has 9 aromatic rings. The van der Waals surface area contributed by atoms with Crippen LogP contribution in [0.5, 0.6) is 0 Å². The van der Waals surface area contributed by atoms with Crippen molar-refractivity contribution in [2.24, 2.45) is 0 Å². The highest BCUT2D eigenvalue weighted by molar-refractivity contribution is 6.96. The van der Waals surface area contributed by atoms with Crippen molar-refractivity contribution in [3.63, 3.8) is 0 Å². The maximum Gasteiger partial charge on any atom is 0.158 e. The third-order valence-electron chi connectivity index (χ3n) is 26.3. The lowest BCUT2D eigenvalue weighted by Crippen LogP contribution is -2.55. The molecule has 0 aliphatic heterocycles. The summed E-state index contributed by atoms with van der Waals surface area (Å²) in [7, 11) is -4.74. The minimum atomic E-state index is -2.37. The molecule has 6 aliphatic rings. The highest BCUT2D eigenvalue weighted by Crippen LogP contribution is 2.62. The Morgan fingerprint density at radius 2 is 0.622 bits per heavy atom. The van der Waals surface area contributed by atoms with Crippen molar-refractivity contribution in [1.29, 1.82) is 0 Å². The van der Waals surface area contributed by atoms with Crippen LogP contribution < -0.4 is 10.4 Å². The second-order valence-corrected chi connectivity index (χ2v) is 43.0. The van der Waals surface area contributed by atoms with Gasteiger partial charge in [0.1, 0.15) is 0 Å². The zero-order valence-corrected chi connectivity index (χ0v) is 54.4. The third kappa shape index (κ3) is 6.70. The Morgan fingerprint density at radius 1 is 0.354 bits per heavy atom. The summed E-state index contributed by atoms with van der Waals surface area (Å²) in [6.45, 7) is 29.7. The average molecular weight is 1140 g/mol. The molecule has 0 radical (unpaired) electrons. The highest BCUT2D eigenvalue weighted by Gasteiger charge is 2.54. The maximum atomic E-state index is 20.1. The number of nitrogens with zero attached hydrogens (tertiary/aromatic N) is 4. The number of fused-ring (bicyclic) bond motifs is 20. The third-order valence-corrected chi connectivity index (χ3v) is 40.4. The summed E-state index contributed by atoms with van der Waals surface area (Å²) in [6, 6.07) is 10.1. The number of halogens is 2. The first-order chi connectivity index (χ1) is 39.4. The molecule has 4 spiro atoms. The maximum absolute atomic E-state index is 20.1. The van der Waals surface area contributed by atoms with Gasteiger partial charge in [-0.2, -0.15) is 0 Å². The van der Waals surface area contributed by atoms with Gasteiger partial charge >= 0.3 is 0 Å². The lowest BCUT2D eigenvalue weighted by Gasteiger charge is -2.50. The molecule has 15 rings (SSSR count). The minimum Gasteiger partial charge on any atom is -0.304 e. The van der Waals surface area contributed by atoms with Crippen molar-refractivity contribution in [3.05, 3.63) is 70.8 Å². The molecule has 0 bridgehead atoms. The minimum absolute atomic E-state index is 0.0425. The largest absolute Gasteiger partial charge is 0.304 e. The molecular formula is C74H96F2N4Si2. The van der Waals surface area contributed by atoms with Crippen LogP contribution >= 0.6 is 0 Å². The van der Waals surface area contributed by atoms with Crippen LogP contribution in [0.25, 0.3) is 76.2 Å².